The number of ether oxygens (including phenoxy) is 2. The average molecular weight is 438 g/mol. The van der Waals surface area contributed by atoms with Crippen molar-refractivity contribution in [1.29, 1.82) is 0 Å². The maximum atomic E-state index is 12.9. The molecule has 1 aliphatic heterocycles. The lowest BCUT2D eigenvalue weighted by molar-refractivity contribution is -0.138. The Labute approximate surface area is 184 Å². The molecule has 0 saturated heterocycles. The highest BCUT2D eigenvalue weighted by Gasteiger charge is 2.36. The van der Waals surface area contributed by atoms with Crippen LogP contribution in [-0.2, 0) is 16.1 Å². The molecule has 0 aliphatic carbocycles. The molecule has 0 saturated carbocycles. The number of anilines is 1. The van der Waals surface area contributed by atoms with E-state index < -0.39 is 12.0 Å². The van der Waals surface area contributed by atoms with Crippen LogP contribution >= 0.6 is 11.6 Å². The number of hydrogen-bond donors (Lipinski definition) is 1. The maximum absolute atomic E-state index is 12.9. The summed E-state index contributed by atoms with van der Waals surface area (Å²) < 4.78 is 13.0. The van der Waals surface area contributed by atoms with Gasteiger partial charge in [-0.1, -0.05) is 59.7 Å². The minimum absolute atomic E-state index is 0.0967. The molecule has 9 heteroatoms. The second-order valence-electron chi connectivity index (χ2n) is 6.85. The molecule has 1 aliphatic rings. The Balaban J connectivity index is 1.71. The molecule has 0 fully saturated rings. The number of carbonyl (C=O) groups excluding carboxylic acids is 1. The number of nitrogens with zero attached hydrogens (tertiary/aromatic N) is 4. The highest BCUT2D eigenvalue weighted by molar-refractivity contribution is 6.30. The molecule has 0 amide bonds. The third kappa shape index (κ3) is 4.29. The second kappa shape index (κ2) is 9.01. The number of nitrogens with one attached hydrogen (secondary N) is 1. The summed E-state index contributed by atoms with van der Waals surface area (Å²) in [5, 5.41) is 15.6. The van der Waals surface area contributed by atoms with Gasteiger partial charge >= 0.3 is 5.97 Å². The minimum atomic E-state index is -0.620. The van der Waals surface area contributed by atoms with Gasteiger partial charge in [0.05, 0.1) is 5.57 Å². The number of carbonyl (C=O) groups is 1. The van der Waals surface area contributed by atoms with Crippen molar-refractivity contribution in [3.05, 3.63) is 88.6 Å². The first-order valence-corrected chi connectivity index (χ1v) is 9.96. The fourth-order valence-corrected chi connectivity index (χ4v) is 3.48. The van der Waals surface area contributed by atoms with Crippen LogP contribution in [0.4, 0.5) is 5.95 Å². The van der Waals surface area contributed by atoms with E-state index in [0.717, 1.165) is 11.1 Å². The van der Waals surface area contributed by atoms with Gasteiger partial charge in [-0.15, -0.1) is 0 Å². The van der Waals surface area contributed by atoms with Crippen LogP contribution in [0.1, 0.15) is 24.1 Å². The Hall–Kier alpha value is -3.65. The van der Waals surface area contributed by atoms with Crippen LogP contribution in [0, 0.1) is 0 Å². The third-order valence-electron chi connectivity index (χ3n) is 4.79. The zero-order valence-corrected chi connectivity index (χ0v) is 17.5. The number of fused-ring (bicyclic) bond motifs is 1. The van der Waals surface area contributed by atoms with Gasteiger partial charge in [-0.2, -0.15) is 4.68 Å². The normalized spacial score (nSPS) is 15.1. The summed E-state index contributed by atoms with van der Waals surface area (Å²) in [4.78, 5) is 12.9. The fraction of sp³-hybridized carbons (Fsp3) is 0.182. The molecule has 0 spiro atoms. The Morgan fingerprint density at radius 1 is 1.26 bits per heavy atom. The number of para-hydroxylation sites is 1. The van der Waals surface area contributed by atoms with E-state index in [1.165, 1.54) is 6.08 Å². The quantitative estimate of drug-likeness (QED) is 0.442. The molecule has 0 radical (unpaired) electrons. The lowest BCUT2D eigenvalue weighted by Gasteiger charge is -2.28. The van der Waals surface area contributed by atoms with E-state index in [4.69, 9.17) is 21.1 Å². The van der Waals surface area contributed by atoms with Gasteiger partial charge in [0, 0.05) is 16.3 Å². The summed E-state index contributed by atoms with van der Waals surface area (Å²) in [7, 11) is 0. The molecule has 4 rings (SSSR count). The summed E-state index contributed by atoms with van der Waals surface area (Å²) in [6.07, 6.45) is 1.52. The van der Waals surface area contributed by atoms with Crippen molar-refractivity contribution in [2.24, 2.45) is 0 Å². The van der Waals surface area contributed by atoms with E-state index in [1.807, 2.05) is 48.5 Å². The molecule has 1 unspecified atom stereocenters. The first kappa shape index (κ1) is 20.6. The minimum Gasteiger partial charge on any atom is -0.489 e. The first-order valence-electron chi connectivity index (χ1n) is 9.58. The van der Waals surface area contributed by atoms with E-state index in [2.05, 4.69) is 27.4 Å². The molecule has 31 heavy (non-hydrogen) atoms. The Kier molecular flexibility index (Phi) is 5.99. The highest BCUT2D eigenvalue weighted by Crippen LogP contribution is 2.39. The molecule has 158 valence electrons. The van der Waals surface area contributed by atoms with Crippen molar-refractivity contribution in [2.75, 3.05) is 11.9 Å². The van der Waals surface area contributed by atoms with Crippen LogP contribution in [0.5, 0.6) is 5.75 Å². The van der Waals surface area contributed by atoms with Crippen molar-refractivity contribution >= 4 is 23.5 Å². The van der Waals surface area contributed by atoms with Gasteiger partial charge in [0.15, 0.2) is 0 Å². The van der Waals surface area contributed by atoms with Gasteiger partial charge in [0.2, 0.25) is 5.95 Å². The molecule has 1 atom stereocenters. The number of hydrogen-bond acceptors (Lipinski definition) is 7. The number of aromatic nitrogens is 4. The predicted molar refractivity (Wildman–Crippen MR) is 116 cm³/mol. The molecule has 1 N–H and O–H groups in total. The SMILES string of the molecule is C=CCOC(=O)C1=C(C)Nc2nnnn2C1c1ccccc1OCc1ccc(Cl)cc1. The first-order chi connectivity index (χ1) is 15.1. The number of tetrazole rings is 1. The van der Waals surface area contributed by atoms with E-state index in [-0.39, 0.29) is 6.61 Å². The predicted octanol–water partition coefficient (Wildman–Crippen LogP) is 3.92. The molecule has 8 nitrogen and oxygen atoms in total. The monoisotopic (exact) mass is 437 g/mol. The van der Waals surface area contributed by atoms with E-state index >= 15 is 0 Å². The van der Waals surface area contributed by atoms with Gasteiger partial charge in [-0.05, 0) is 41.1 Å². The van der Waals surface area contributed by atoms with Crippen molar-refractivity contribution in [2.45, 2.75) is 19.6 Å². The van der Waals surface area contributed by atoms with Crippen LogP contribution in [0.15, 0.2) is 72.5 Å². The van der Waals surface area contributed by atoms with Crippen molar-refractivity contribution < 1.29 is 14.3 Å². The van der Waals surface area contributed by atoms with Gasteiger partial charge < -0.3 is 14.8 Å². The Morgan fingerprint density at radius 3 is 2.81 bits per heavy atom. The van der Waals surface area contributed by atoms with Gasteiger partial charge in [-0.25, -0.2) is 4.79 Å². The molecule has 0 bridgehead atoms. The van der Waals surface area contributed by atoms with Crippen LogP contribution in [-0.4, -0.2) is 32.8 Å². The van der Waals surface area contributed by atoms with Crippen LogP contribution in [0.2, 0.25) is 5.02 Å². The summed E-state index contributed by atoms with van der Waals surface area (Å²) in [5.41, 5.74) is 2.69. The summed E-state index contributed by atoms with van der Waals surface area (Å²) in [6, 6.07) is 14.3. The molecule has 2 aromatic carbocycles. The number of allylic oxidation sites excluding steroid dienone is 1. The Morgan fingerprint density at radius 2 is 2.03 bits per heavy atom. The van der Waals surface area contributed by atoms with Crippen molar-refractivity contribution in [1.82, 2.24) is 20.2 Å². The number of esters is 1. The zero-order valence-electron chi connectivity index (χ0n) is 16.8. The summed E-state index contributed by atoms with van der Waals surface area (Å²) in [5.74, 6) is 0.548. The van der Waals surface area contributed by atoms with Crippen LogP contribution < -0.4 is 10.1 Å². The topological polar surface area (TPSA) is 91.2 Å². The number of halogens is 1. The summed E-state index contributed by atoms with van der Waals surface area (Å²) >= 11 is 5.96. The standard InChI is InChI=1S/C22H20ClN5O3/c1-3-12-30-21(29)19-14(2)24-22-25-26-27-28(22)20(19)17-6-4-5-7-18(17)31-13-15-8-10-16(23)11-9-15/h3-11,20H,1,12-13H2,2H3,(H,24,25,27). The molecular formula is C22H20ClN5O3. The van der Waals surface area contributed by atoms with E-state index in [0.29, 0.717) is 34.6 Å². The van der Waals surface area contributed by atoms with Gasteiger partial charge in [0.25, 0.3) is 0 Å². The van der Waals surface area contributed by atoms with E-state index in [9.17, 15) is 4.79 Å². The smallest absolute Gasteiger partial charge is 0.338 e. The lowest BCUT2D eigenvalue weighted by atomic mass is 9.95. The largest absolute Gasteiger partial charge is 0.489 e. The second-order valence-corrected chi connectivity index (χ2v) is 7.29. The number of rotatable bonds is 7. The fourth-order valence-electron chi connectivity index (χ4n) is 3.36. The van der Waals surface area contributed by atoms with Gasteiger partial charge in [-0.3, -0.25) is 0 Å². The number of benzene rings is 2. The lowest BCUT2D eigenvalue weighted by Crippen LogP contribution is -2.30. The third-order valence-corrected chi connectivity index (χ3v) is 5.04. The molecule has 3 aromatic rings. The average Bonchev–Trinajstić information content (AvgIpc) is 3.24. The van der Waals surface area contributed by atoms with Gasteiger partial charge in [0.1, 0.15) is 25.0 Å². The van der Waals surface area contributed by atoms with Crippen LogP contribution in [0.3, 0.4) is 0 Å². The van der Waals surface area contributed by atoms with Crippen molar-refractivity contribution in [3.8, 4) is 5.75 Å². The van der Waals surface area contributed by atoms with Crippen molar-refractivity contribution in [3.63, 3.8) is 0 Å². The molecule has 2 heterocycles. The van der Waals surface area contributed by atoms with E-state index in [1.54, 1.807) is 11.6 Å². The zero-order chi connectivity index (χ0) is 21.8. The molecule has 1 aromatic heterocycles. The Bertz CT molecular complexity index is 1140. The summed E-state index contributed by atoms with van der Waals surface area (Å²) in [6.45, 7) is 5.81. The highest BCUT2D eigenvalue weighted by atomic mass is 35.5. The molecular weight excluding hydrogens is 418 g/mol. The van der Waals surface area contributed by atoms with Crippen LogP contribution in [0.25, 0.3) is 0 Å². The maximum Gasteiger partial charge on any atom is 0.338 e.